The summed E-state index contributed by atoms with van der Waals surface area (Å²) in [4.78, 5) is 12.9. The van der Waals surface area contributed by atoms with E-state index in [-0.39, 0.29) is 0 Å². The molecule has 0 aliphatic carbocycles. The molecule has 0 saturated carbocycles. The number of nitrogens with two attached hydrogens (primary N) is 1. The minimum absolute atomic E-state index is 0.802. The quantitative estimate of drug-likeness (QED) is 0.738. The molecule has 14 heavy (non-hydrogen) atoms. The van der Waals surface area contributed by atoms with Crippen LogP contribution in [0.25, 0.3) is 0 Å². The van der Waals surface area contributed by atoms with E-state index in [1.165, 1.54) is 0 Å². The Balaban J connectivity index is 3.61. The fourth-order valence-electron chi connectivity index (χ4n) is 0.914. The molecule has 0 spiro atoms. The molecule has 1 aromatic heterocycles. The van der Waals surface area contributed by atoms with Gasteiger partial charge in [-0.25, -0.2) is 22.3 Å². The van der Waals surface area contributed by atoms with Crippen LogP contribution >= 0.6 is 0 Å². The van der Waals surface area contributed by atoms with Crippen molar-refractivity contribution in [2.24, 2.45) is 5.14 Å². The predicted molar refractivity (Wildman–Crippen MR) is 43.4 cm³/mol. The van der Waals surface area contributed by atoms with Gasteiger partial charge in [0.05, 0.1) is 0 Å². The van der Waals surface area contributed by atoms with Crippen LogP contribution in [0.4, 0.5) is 8.78 Å². The van der Waals surface area contributed by atoms with Gasteiger partial charge in [0, 0.05) is 12.3 Å². The molecule has 0 fully saturated rings. The minimum atomic E-state index is -4.34. The number of pyridine rings is 1. The SMILES string of the molecule is NS(=O)(=O)c1[nH]ccc(=O)c1C(F)F. The average Bonchev–Trinajstić information content (AvgIpc) is 2.01. The van der Waals surface area contributed by atoms with Crippen LogP contribution in [0.5, 0.6) is 0 Å². The van der Waals surface area contributed by atoms with Crippen molar-refractivity contribution in [1.82, 2.24) is 4.98 Å². The van der Waals surface area contributed by atoms with Crippen molar-refractivity contribution in [3.05, 3.63) is 28.0 Å². The predicted octanol–water partition coefficient (Wildman–Crippen LogP) is -0.0401. The van der Waals surface area contributed by atoms with E-state index >= 15 is 0 Å². The van der Waals surface area contributed by atoms with Gasteiger partial charge in [-0.3, -0.25) is 4.79 Å². The van der Waals surface area contributed by atoms with E-state index in [4.69, 9.17) is 0 Å². The number of sulfonamides is 1. The highest BCUT2D eigenvalue weighted by atomic mass is 32.2. The molecular weight excluding hydrogens is 218 g/mol. The van der Waals surface area contributed by atoms with Gasteiger partial charge in [0.2, 0.25) is 0 Å². The molecule has 1 rings (SSSR count). The number of alkyl halides is 2. The van der Waals surface area contributed by atoms with Crippen LogP contribution in [0, 0.1) is 0 Å². The van der Waals surface area contributed by atoms with Gasteiger partial charge in [0.15, 0.2) is 10.5 Å². The third-order valence-corrected chi connectivity index (χ3v) is 2.37. The maximum atomic E-state index is 12.3. The van der Waals surface area contributed by atoms with E-state index < -0.39 is 32.5 Å². The van der Waals surface area contributed by atoms with Gasteiger partial charge in [-0.05, 0) is 0 Å². The molecule has 1 aromatic rings. The Kier molecular flexibility index (Phi) is 2.67. The lowest BCUT2D eigenvalue weighted by Gasteiger charge is -2.04. The zero-order valence-corrected chi connectivity index (χ0v) is 7.51. The molecule has 78 valence electrons. The lowest BCUT2D eigenvalue weighted by Crippen LogP contribution is -2.22. The van der Waals surface area contributed by atoms with Crippen molar-refractivity contribution in [2.45, 2.75) is 11.5 Å². The standard InChI is InChI=1S/C6H6F2N2O3S/c7-5(8)4-3(11)1-2-10-6(4)14(9,12)13/h1-2,5H,(H,10,11)(H2,9,12,13). The molecule has 0 bridgehead atoms. The smallest absolute Gasteiger partial charge is 0.270 e. The highest BCUT2D eigenvalue weighted by Crippen LogP contribution is 2.19. The van der Waals surface area contributed by atoms with Crippen molar-refractivity contribution in [1.29, 1.82) is 0 Å². The first kappa shape index (κ1) is 10.8. The van der Waals surface area contributed by atoms with Crippen molar-refractivity contribution in [3.63, 3.8) is 0 Å². The van der Waals surface area contributed by atoms with Crippen molar-refractivity contribution in [3.8, 4) is 0 Å². The van der Waals surface area contributed by atoms with E-state index in [2.05, 4.69) is 5.14 Å². The third kappa shape index (κ3) is 1.96. The second-order valence-corrected chi connectivity index (χ2v) is 3.93. The number of aromatic nitrogens is 1. The number of hydrogen-bond acceptors (Lipinski definition) is 3. The summed E-state index contributed by atoms with van der Waals surface area (Å²) in [6.07, 6.45) is -2.25. The molecule has 8 heteroatoms. The zero-order chi connectivity index (χ0) is 10.9. The Hall–Kier alpha value is -1.28. The summed E-state index contributed by atoms with van der Waals surface area (Å²) >= 11 is 0. The molecule has 3 N–H and O–H groups in total. The van der Waals surface area contributed by atoms with E-state index in [0.29, 0.717) is 0 Å². The molecular formula is C6H6F2N2O3S. The Morgan fingerprint density at radius 2 is 2.00 bits per heavy atom. The third-order valence-electron chi connectivity index (χ3n) is 1.46. The summed E-state index contributed by atoms with van der Waals surface area (Å²) in [6.45, 7) is 0. The summed E-state index contributed by atoms with van der Waals surface area (Å²) in [5.74, 6) is 0. The van der Waals surface area contributed by atoms with Crippen LogP contribution < -0.4 is 10.6 Å². The number of primary sulfonamides is 1. The Morgan fingerprint density at radius 3 is 2.36 bits per heavy atom. The van der Waals surface area contributed by atoms with Crippen LogP contribution in [-0.4, -0.2) is 13.4 Å². The molecule has 0 amide bonds. The van der Waals surface area contributed by atoms with Crippen LogP contribution in [0.15, 0.2) is 22.1 Å². The van der Waals surface area contributed by atoms with Gasteiger partial charge in [-0.15, -0.1) is 0 Å². The Labute approximate surface area is 77.6 Å². The maximum Gasteiger partial charge on any atom is 0.270 e. The highest BCUT2D eigenvalue weighted by molar-refractivity contribution is 7.89. The number of H-pyrrole nitrogens is 1. The topological polar surface area (TPSA) is 93.0 Å². The van der Waals surface area contributed by atoms with Gasteiger partial charge in [-0.1, -0.05) is 0 Å². The molecule has 5 nitrogen and oxygen atoms in total. The number of nitrogens with one attached hydrogen (secondary N) is 1. The number of hydrogen-bond donors (Lipinski definition) is 2. The van der Waals surface area contributed by atoms with E-state index in [1.54, 1.807) is 0 Å². The molecule has 0 atom stereocenters. The monoisotopic (exact) mass is 224 g/mol. The molecule has 0 unspecified atom stereocenters. The van der Waals surface area contributed by atoms with Gasteiger partial charge in [-0.2, -0.15) is 0 Å². The fraction of sp³-hybridized carbons (Fsp3) is 0.167. The van der Waals surface area contributed by atoms with Crippen molar-refractivity contribution < 1.29 is 17.2 Å². The number of halogens is 2. The number of rotatable bonds is 2. The first-order chi connectivity index (χ1) is 6.34. The normalized spacial score (nSPS) is 12.0. The molecule has 0 saturated heterocycles. The molecule has 0 aliphatic heterocycles. The largest absolute Gasteiger partial charge is 0.351 e. The molecule has 0 radical (unpaired) electrons. The fourth-order valence-corrected chi connectivity index (χ4v) is 1.64. The minimum Gasteiger partial charge on any atom is -0.351 e. The highest BCUT2D eigenvalue weighted by Gasteiger charge is 2.23. The first-order valence-corrected chi connectivity index (χ1v) is 4.91. The van der Waals surface area contributed by atoms with Gasteiger partial charge < -0.3 is 4.98 Å². The average molecular weight is 224 g/mol. The van der Waals surface area contributed by atoms with Crippen LogP contribution in [0.2, 0.25) is 0 Å². The maximum absolute atomic E-state index is 12.3. The second-order valence-electron chi connectivity index (χ2n) is 2.43. The van der Waals surface area contributed by atoms with Gasteiger partial charge >= 0.3 is 0 Å². The van der Waals surface area contributed by atoms with E-state index in [0.717, 1.165) is 12.3 Å². The zero-order valence-electron chi connectivity index (χ0n) is 6.70. The van der Waals surface area contributed by atoms with Crippen LogP contribution in [0.1, 0.15) is 12.0 Å². The first-order valence-electron chi connectivity index (χ1n) is 3.36. The van der Waals surface area contributed by atoms with Crippen LogP contribution in [0.3, 0.4) is 0 Å². The summed E-state index contributed by atoms with van der Waals surface area (Å²) < 4.78 is 46.1. The summed E-state index contributed by atoms with van der Waals surface area (Å²) in [5.41, 5.74) is -2.20. The summed E-state index contributed by atoms with van der Waals surface area (Å²) in [7, 11) is -4.34. The summed E-state index contributed by atoms with van der Waals surface area (Å²) in [6, 6.07) is 0.802. The summed E-state index contributed by atoms with van der Waals surface area (Å²) in [5, 5.41) is 3.69. The van der Waals surface area contributed by atoms with Crippen molar-refractivity contribution in [2.75, 3.05) is 0 Å². The van der Waals surface area contributed by atoms with E-state index in [1.807, 2.05) is 4.98 Å². The number of aromatic amines is 1. The van der Waals surface area contributed by atoms with Gasteiger partial charge in [0.1, 0.15) is 5.56 Å². The van der Waals surface area contributed by atoms with Gasteiger partial charge in [0.25, 0.3) is 16.4 Å². The Bertz CT molecular complexity index is 494. The van der Waals surface area contributed by atoms with Crippen LogP contribution in [-0.2, 0) is 10.0 Å². The Morgan fingerprint density at radius 1 is 1.43 bits per heavy atom. The molecule has 0 aromatic carbocycles. The lowest BCUT2D eigenvalue weighted by atomic mass is 10.3. The second kappa shape index (κ2) is 3.46. The lowest BCUT2D eigenvalue weighted by molar-refractivity contribution is 0.145. The molecule has 1 heterocycles. The molecule has 0 aliphatic rings. The van der Waals surface area contributed by atoms with E-state index in [9.17, 15) is 22.0 Å². The van der Waals surface area contributed by atoms with Crippen molar-refractivity contribution >= 4 is 10.0 Å².